The Labute approximate surface area is 110 Å². The van der Waals surface area contributed by atoms with Crippen molar-refractivity contribution in [1.29, 1.82) is 5.26 Å². The molecule has 2 aromatic heterocycles. The lowest BCUT2D eigenvalue weighted by atomic mass is 10.2. The lowest BCUT2D eigenvalue weighted by Crippen LogP contribution is -2.24. The summed E-state index contributed by atoms with van der Waals surface area (Å²) >= 11 is 0. The SMILES string of the molecule is Cc1noc(C)c1CNC(=O)c1ccc(C#N)cn1. The zero-order valence-electron chi connectivity index (χ0n) is 10.6. The minimum Gasteiger partial charge on any atom is -0.361 e. The van der Waals surface area contributed by atoms with Gasteiger partial charge in [0.1, 0.15) is 17.5 Å². The first-order chi connectivity index (χ1) is 9.11. The summed E-state index contributed by atoms with van der Waals surface area (Å²) in [6, 6.07) is 5.02. The number of aryl methyl sites for hydroxylation is 2. The van der Waals surface area contributed by atoms with Crippen LogP contribution in [0.2, 0.25) is 0 Å². The molecule has 2 heterocycles. The highest BCUT2D eigenvalue weighted by atomic mass is 16.5. The number of nitriles is 1. The van der Waals surface area contributed by atoms with Crippen molar-refractivity contribution in [3.05, 3.63) is 46.6 Å². The van der Waals surface area contributed by atoms with Crippen molar-refractivity contribution in [3.8, 4) is 6.07 Å². The van der Waals surface area contributed by atoms with E-state index < -0.39 is 0 Å². The number of carbonyl (C=O) groups excluding carboxylic acids is 1. The number of aromatic nitrogens is 2. The van der Waals surface area contributed by atoms with Crippen molar-refractivity contribution in [2.75, 3.05) is 0 Å². The Morgan fingerprint density at radius 2 is 2.26 bits per heavy atom. The number of hydrogen-bond acceptors (Lipinski definition) is 5. The van der Waals surface area contributed by atoms with E-state index in [0.717, 1.165) is 11.3 Å². The second-order valence-electron chi connectivity index (χ2n) is 4.03. The molecule has 0 radical (unpaired) electrons. The first-order valence-corrected chi connectivity index (χ1v) is 5.68. The van der Waals surface area contributed by atoms with Gasteiger partial charge in [0.15, 0.2) is 0 Å². The molecule has 0 atom stereocenters. The predicted octanol–water partition coefficient (Wildman–Crippen LogP) is 1.49. The third kappa shape index (κ3) is 2.77. The van der Waals surface area contributed by atoms with Crippen LogP contribution in [0, 0.1) is 25.2 Å². The monoisotopic (exact) mass is 256 g/mol. The second kappa shape index (κ2) is 5.31. The molecule has 0 aliphatic heterocycles. The van der Waals surface area contributed by atoms with Crippen molar-refractivity contribution < 1.29 is 9.32 Å². The molecule has 1 N–H and O–H groups in total. The Balaban J connectivity index is 2.03. The van der Waals surface area contributed by atoms with Gasteiger partial charge in [-0.1, -0.05) is 5.16 Å². The molecule has 0 unspecified atom stereocenters. The largest absolute Gasteiger partial charge is 0.361 e. The van der Waals surface area contributed by atoms with Gasteiger partial charge in [0.05, 0.1) is 11.3 Å². The third-order valence-electron chi connectivity index (χ3n) is 2.73. The van der Waals surface area contributed by atoms with Crippen LogP contribution >= 0.6 is 0 Å². The van der Waals surface area contributed by atoms with Gasteiger partial charge in [0.2, 0.25) is 0 Å². The summed E-state index contributed by atoms with van der Waals surface area (Å²) in [6.07, 6.45) is 1.37. The van der Waals surface area contributed by atoms with E-state index in [4.69, 9.17) is 9.78 Å². The Bertz CT molecular complexity index is 618. The maximum absolute atomic E-state index is 11.9. The molecule has 96 valence electrons. The molecule has 0 fully saturated rings. The molecule has 0 aliphatic carbocycles. The smallest absolute Gasteiger partial charge is 0.270 e. The molecule has 2 rings (SSSR count). The van der Waals surface area contributed by atoms with Crippen molar-refractivity contribution in [1.82, 2.24) is 15.5 Å². The maximum atomic E-state index is 11.9. The fraction of sp³-hybridized carbons (Fsp3) is 0.231. The molecular weight excluding hydrogens is 244 g/mol. The highest BCUT2D eigenvalue weighted by Crippen LogP contribution is 2.11. The van der Waals surface area contributed by atoms with Crippen LogP contribution in [-0.2, 0) is 6.54 Å². The Morgan fingerprint density at radius 3 is 2.79 bits per heavy atom. The normalized spacial score (nSPS) is 9.95. The molecule has 6 nitrogen and oxygen atoms in total. The van der Waals surface area contributed by atoms with Gasteiger partial charge in [-0.05, 0) is 26.0 Å². The summed E-state index contributed by atoms with van der Waals surface area (Å²) in [5.74, 6) is 0.384. The van der Waals surface area contributed by atoms with Gasteiger partial charge in [-0.2, -0.15) is 5.26 Å². The molecule has 1 amide bonds. The molecular formula is C13H12N4O2. The van der Waals surface area contributed by atoms with E-state index in [1.54, 1.807) is 13.0 Å². The van der Waals surface area contributed by atoms with E-state index in [-0.39, 0.29) is 11.6 Å². The van der Waals surface area contributed by atoms with Gasteiger partial charge in [-0.15, -0.1) is 0 Å². The lowest BCUT2D eigenvalue weighted by Gasteiger charge is -2.04. The van der Waals surface area contributed by atoms with Crippen LogP contribution < -0.4 is 5.32 Å². The van der Waals surface area contributed by atoms with Gasteiger partial charge in [-0.3, -0.25) is 4.79 Å². The summed E-state index contributed by atoms with van der Waals surface area (Å²) in [4.78, 5) is 15.8. The summed E-state index contributed by atoms with van der Waals surface area (Å²) < 4.78 is 5.01. The number of nitrogens with zero attached hydrogens (tertiary/aromatic N) is 3. The average molecular weight is 256 g/mol. The van der Waals surface area contributed by atoms with Crippen LogP contribution in [0.1, 0.15) is 33.1 Å². The molecule has 0 aromatic carbocycles. The van der Waals surface area contributed by atoms with E-state index in [0.29, 0.717) is 17.9 Å². The van der Waals surface area contributed by atoms with Crippen molar-refractivity contribution in [3.63, 3.8) is 0 Å². The van der Waals surface area contributed by atoms with Crippen molar-refractivity contribution in [2.45, 2.75) is 20.4 Å². The summed E-state index contributed by atoms with van der Waals surface area (Å²) in [6.45, 7) is 3.95. The fourth-order valence-corrected chi connectivity index (χ4v) is 1.61. The molecule has 0 spiro atoms. The first kappa shape index (κ1) is 12.8. The van der Waals surface area contributed by atoms with E-state index in [2.05, 4.69) is 15.5 Å². The fourth-order valence-electron chi connectivity index (χ4n) is 1.61. The molecule has 2 aromatic rings. The molecule has 0 aliphatic rings. The summed E-state index contributed by atoms with van der Waals surface area (Å²) in [7, 11) is 0. The Hall–Kier alpha value is -2.68. The number of rotatable bonds is 3. The number of pyridine rings is 1. The van der Waals surface area contributed by atoms with Crippen LogP contribution in [0.5, 0.6) is 0 Å². The number of nitrogens with one attached hydrogen (secondary N) is 1. The van der Waals surface area contributed by atoms with Gasteiger partial charge < -0.3 is 9.84 Å². The predicted molar refractivity (Wildman–Crippen MR) is 66.1 cm³/mol. The van der Waals surface area contributed by atoms with Crippen molar-refractivity contribution >= 4 is 5.91 Å². The maximum Gasteiger partial charge on any atom is 0.270 e. The van der Waals surface area contributed by atoms with E-state index in [1.807, 2.05) is 13.0 Å². The van der Waals surface area contributed by atoms with E-state index >= 15 is 0 Å². The van der Waals surface area contributed by atoms with Crippen LogP contribution in [0.3, 0.4) is 0 Å². The molecule has 6 heteroatoms. The van der Waals surface area contributed by atoms with E-state index in [9.17, 15) is 4.79 Å². The standard InChI is InChI=1S/C13H12N4O2/c1-8-11(9(2)19-17-8)7-16-13(18)12-4-3-10(5-14)6-15-12/h3-4,6H,7H2,1-2H3,(H,16,18). The minimum atomic E-state index is -0.301. The zero-order chi connectivity index (χ0) is 13.8. The average Bonchev–Trinajstić information content (AvgIpc) is 2.75. The van der Waals surface area contributed by atoms with Gasteiger partial charge in [0.25, 0.3) is 5.91 Å². The van der Waals surface area contributed by atoms with E-state index in [1.165, 1.54) is 12.3 Å². The highest BCUT2D eigenvalue weighted by molar-refractivity contribution is 5.92. The number of amides is 1. The second-order valence-corrected chi connectivity index (χ2v) is 4.03. The van der Waals surface area contributed by atoms with Gasteiger partial charge >= 0.3 is 0 Å². The van der Waals surface area contributed by atoms with Crippen LogP contribution in [0.25, 0.3) is 0 Å². The number of hydrogen-bond donors (Lipinski definition) is 1. The first-order valence-electron chi connectivity index (χ1n) is 5.68. The summed E-state index contributed by atoms with van der Waals surface area (Å²) in [5, 5.41) is 15.2. The van der Waals surface area contributed by atoms with Crippen LogP contribution in [-0.4, -0.2) is 16.0 Å². The van der Waals surface area contributed by atoms with Gasteiger partial charge in [0, 0.05) is 18.3 Å². The molecule has 0 saturated heterocycles. The van der Waals surface area contributed by atoms with Crippen molar-refractivity contribution in [2.24, 2.45) is 0 Å². The number of carbonyl (C=O) groups is 1. The Morgan fingerprint density at radius 1 is 1.47 bits per heavy atom. The third-order valence-corrected chi connectivity index (χ3v) is 2.73. The highest BCUT2D eigenvalue weighted by Gasteiger charge is 2.12. The Kier molecular flexibility index (Phi) is 3.57. The van der Waals surface area contributed by atoms with Crippen LogP contribution in [0.4, 0.5) is 0 Å². The molecule has 0 bridgehead atoms. The van der Waals surface area contributed by atoms with Crippen LogP contribution in [0.15, 0.2) is 22.9 Å². The topological polar surface area (TPSA) is 91.8 Å². The molecule has 0 saturated carbocycles. The lowest BCUT2D eigenvalue weighted by molar-refractivity contribution is 0.0946. The zero-order valence-corrected chi connectivity index (χ0v) is 10.6. The quantitative estimate of drug-likeness (QED) is 0.898. The summed E-state index contributed by atoms with van der Waals surface area (Å²) in [5.41, 5.74) is 2.31. The molecule has 19 heavy (non-hydrogen) atoms. The minimum absolute atomic E-state index is 0.269. The van der Waals surface area contributed by atoms with Gasteiger partial charge in [-0.25, -0.2) is 4.98 Å².